The van der Waals surface area contributed by atoms with Gasteiger partial charge in [-0.15, -0.1) is 12.3 Å². The Morgan fingerprint density at radius 2 is 1.83 bits per heavy atom. The average molecular weight is 395 g/mol. The Bertz CT molecular complexity index is 677. The maximum Gasteiger partial charge on any atom is 0.0293 e. The van der Waals surface area contributed by atoms with E-state index in [1.54, 1.807) is 0 Å². The van der Waals surface area contributed by atoms with Gasteiger partial charge >= 0.3 is 0 Å². The van der Waals surface area contributed by atoms with Crippen LogP contribution >= 0.6 is 0 Å². The molecule has 162 valence electrons. The standard InChI is InChI=1S/C29H46/c1-9-13-22(5)16-19-27(7)17-11-12-18-29(10-2)26-15-14-24(21(3)4)25(26)20-23(6)28(27,29)8/h1,23-26H,3,5,10-20H2,2,4,6-8H3. The molecule has 0 aromatic rings. The average Bonchev–Trinajstić information content (AvgIpc) is 3.05. The van der Waals surface area contributed by atoms with Crippen LogP contribution in [0.2, 0.25) is 0 Å². The summed E-state index contributed by atoms with van der Waals surface area (Å²) in [4.78, 5) is 0. The molecule has 0 aromatic heterocycles. The maximum absolute atomic E-state index is 5.57. The van der Waals surface area contributed by atoms with E-state index in [4.69, 9.17) is 6.42 Å². The first-order valence-corrected chi connectivity index (χ1v) is 12.4. The highest BCUT2D eigenvalue weighted by Crippen LogP contribution is 2.74. The third kappa shape index (κ3) is 3.36. The van der Waals surface area contributed by atoms with Gasteiger partial charge in [-0.25, -0.2) is 0 Å². The topological polar surface area (TPSA) is 0 Å². The smallest absolute Gasteiger partial charge is 0.0293 e. The number of rotatable bonds is 6. The van der Waals surface area contributed by atoms with Gasteiger partial charge in [-0.2, -0.15) is 0 Å². The van der Waals surface area contributed by atoms with Gasteiger partial charge in [0.15, 0.2) is 0 Å². The van der Waals surface area contributed by atoms with Crippen LogP contribution in [-0.2, 0) is 0 Å². The summed E-state index contributed by atoms with van der Waals surface area (Å²) >= 11 is 0. The lowest BCUT2D eigenvalue weighted by Crippen LogP contribution is -2.60. The molecule has 0 radical (unpaired) electrons. The SMILES string of the molecule is C#CCC(=C)CCC1(C)CCCCC2(CC)C3CCC(C(=C)C)C3CC(C)C12C. The molecule has 0 nitrogen and oxygen atoms in total. The van der Waals surface area contributed by atoms with Crippen molar-refractivity contribution < 1.29 is 0 Å². The van der Waals surface area contributed by atoms with Crippen LogP contribution in [0.3, 0.4) is 0 Å². The van der Waals surface area contributed by atoms with Crippen LogP contribution in [0.5, 0.6) is 0 Å². The molecule has 3 saturated carbocycles. The van der Waals surface area contributed by atoms with Gasteiger partial charge in [-0.1, -0.05) is 64.8 Å². The first-order chi connectivity index (χ1) is 13.7. The second kappa shape index (κ2) is 8.29. The molecule has 0 heteroatoms. The van der Waals surface area contributed by atoms with Crippen molar-refractivity contribution in [1.29, 1.82) is 0 Å². The largest absolute Gasteiger partial charge is 0.120 e. The quantitative estimate of drug-likeness (QED) is 0.312. The Morgan fingerprint density at radius 1 is 1.14 bits per heavy atom. The highest BCUT2D eigenvalue weighted by Gasteiger charge is 2.67. The van der Waals surface area contributed by atoms with Crippen LogP contribution in [0.15, 0.2) is 24.3 Å². The number of hydrogen-bond acceptors (Lipinski definition) is 0. The van der Waals surface area contributed by atoms with E-state index in [0.717, 1.165) is 36.5 Å². The molecule has 0 bridgehead atoms. The third-order valence-corrected chi connectivity index (χ3v) is 10.7. The Kier molecular flexibility index (Phi) is 6.49. The molecule has 3 aliphatic carbocycles. The summed E-state index contributed by atoms with van der Waals surface area (Å²) in [6.45, 7) is 21.5. The van der Waals surface area contributed by atoms with Crippen LogP contribution in [0, 0.1) is 52.3 Å². The minimum atomic E-state index is 0.378. The summed E-state index contributed by atoms with van der Waals surface area (Å²) in [5.74, 6) is 6.11. The zero-order valence-electron chi connectivity index (χ0n) is 20.1. The Balaban J connectivity index is 2.03. The fourth-order valence-corrected chi connectivity index (χ4v) is 8.95. The zero-order chi connectivity index (χ0) is 21.4. The minimum Gasteiger partial charge on any atom is -0.120 e. The summed E-state index contributed by atoms with van der Waals surface area (Å²) in [5.41, 5.74) is 3.96. The Morgan fingerprint density at radius 3 is 2.45 bits per heavy atom. The Hall–Kier alpha value is -0.960. The molecular formula is C29H46. The van der Waals surface area contributed by atoms with Crippen molar-refractivity contribution in [3.8, 4) is 12.3 Å². The normalized spacial score (nSPS) is 44.3. The van der Waals surface area contributed by atoms with Gasteiger partial charge in [0.1, 0.15) is 0 Å². The molecule has 0 amide bonds. The van der Waals surface area contributed by atoms with Crippen LogP contribution in [0.25, 0.3) is 0 Å². The van der Waals surface area contributed by atoms with Crippen molar-refractivity contribution in [2.45, 2.75) is 105 Å². The molecule has 3 rings (SSSR count). The van der Waals surface area contributed by atoms with Crippen molar-refractivity contribution in [3.05, 3.63) is 24.3 Å². The third-order valence-electron chi connectivity index (χ3n) is 10.7. The predicted molar refractivity (Wildman–Crippen MR) is 128 cm³/mol. The van der Waals surface area contributed by atoms with E-state index in [9.17, 15) is 0 Å². The van der Waals surface area contributed by atoms with Crippen molar-refractivity contribution >= 4 is 0 Å². The van der Waals surface area contributed by atoms with E-state index in [2.05, 4.69) is 53.7 Å². The molecule has 0 heterocycles. The molecule has 3 fully saturated rings. The molecule has 7 atom stereocenters. The van der Waals surface area contributed by atoms with Gasteiger partial charge < -0.3 is 0 Å². The van der Waals surface area contributed by atoms with Crippen LogP contribution in [0.4, 0.5) is 0 Å². The summed E-state index contributed by atoms with van der Waals surface area (Å²) in [6.07, 6.45) is 19.9. The molecule has 0 N–H and O–H groups in total. The maximum atomic E-state index is 5.57. The molecule has 0 aromatic carbocycles. The number of fused-ring (bicyclic) bond motifs is 3. The monoisotopic (exact) mass is 394 g/mol. The van der Waals surface area contributed by atoms with E-state index in [0.29, 0.717) is 16.2 Å². The van der Waals surface area contributed by atoms with Gasteiger partial charge in [-0.05, 0) is 98.2 Å². The van der Waals surface area contributed by atoms with Crippen LogP contribution in [0.1, 0.15) is 105 Å². The molecule has 0 aliphatic heterocycles. The van der Waals surface area contributed by atoms with Crippen molar-refractivity contribution in [2.75, 3.05) is 0 Å². The summed E-state index contributed by atoms with van der Waals surface area (Å²) < 4.78 is 0. The first-order valence-electron chi connectivity index (χ1n) is 12.4. The Labute approximate surface area is 182 Å². The lowest BCUT2D eigenvalue weighted by molar-refractivity contribution is -0.186. The van der Waals surface area contributed by atoms with Crippen LogP contribution in [-0.4, -0.2) is 0 Å². The molecule has 7 unspecified atom stereocenters. The number of terminal acetylenes is 1. The second-order valence-electron chi connectivity index (χ2n) is 11.5. The molecule has 3 aliphatic rings. The van der Waals surface area contributed by atoms with E-state index in [1.165, 1.54) is 68.9 Å². The lowest BCUT2D eigenvalue weighted by Gasteiger charge is -2.67. The summed E-state index contributed by atoms with van der Waals surface area (Å²) in [5, 5.41) is 0. The minimum absolute atomic E-state index is 0.378. The summed E-state index contributed by atoms with van der Waals surface area (Å²) in [7, 11) is 0. The fraction of sp³-hybridized carbons (Fsp3) is 0.793. The van der Waals surface area contributed by atoms with Gasteiger partial charge in [-0.3, -0.25) is 0 Å². The van der Waals surface area contributed by atoms with Crippen molar-refractivity contribution in [3.63, 3.8) is 0 Å². The van der Waals surface area contributed by atoms with Gasteiger partial charge in [0.25, 0.3) is 0 Å². The van der Waals surface area contributed by atoms with Crippen molar-refractivity contribution in [1.82, 2.24) is 0 Å². The van der Waals surface area contributed by atoms with E-state index in [-0.39, 0.29) is 0 Å². The number of allylic oxidation sites excluding steroid dienone is 2. The lowest BCUT2D eigenvalue weighted by atomic mass is 9.37. The molecule has 29 heavy (non-hydrogen) atoms. The zero-order valence-corrected chi connectivity index (χ0v) is 20.1. The highest BCUT2D eigenvalue weighted by atomic mass is 14.7. The molecule has 0 spiro atoms. The van der Waals surface area contributed by atoms with Crippen molar-refractivity contribution in [2.24, 2.45) is 39.9 Å². The fourth-order valence-electron chi connectivity index (χ4n) is 8.95. The van der Waals surface area contributed by atoms with E-state index >= 15 is 0 Å². The second-order valence-corrected chi connectivity index (χ2v) is 11.5. The van der Waals surface area contributed by atoms with E-state index < -0.39 is 0 Å². The first kappa shape index (κ1) is 22.7. The highest BCUT2D eigenvalue weighted by molar-refractivity contribution is 5.19. The van der Waals surface area contributed by atoms with Gasteiger partial charge in [0.05, 0.1) is 0 Å². The van der Waals surface area contributed by atoms with E-state index in [1.807, 2.05) is 0 Å². The van der Waals surface area contributed by atoms with Gasteiger partial charge in [0.2, 0.25) is 0 Å². The van der Waals surface area contributed by atoms with Gasteiger partial charge in [0, 0.05) is 6.42 Å². The predicted octanol–water partition coefficient (Wildman–Crippen LogP) is 8.59. The number of hydrogen-bond donors (Lipinski definition) is 0. The molecule has 0 saturated heterocycles. The summed E-state index contributed by atoms with van der Waals surface area (Å²) in [6, 6.07) is 0. The van der Waals surface area contributed by atoms with Crippen LogP contribution < -0.4 is 0 Å². The molecular weight excluding hydrogens is 348 g/mol.